The van der Waals surface area contributed by atoms with Gasteiger partial charge in [-0.2, -0.15) is 0 Å². The van der Waals surface area contributed by atoms with Crippen molar-refractivity contribution in [2.45, 2.75) is 20.8 Å². The van der Waals surface area contributed by atoms with Gasteiger partial charge in [-0.05, 0) is 26.3 Å². The third kappa shape index (κ3) is 4.00. The Balaban J connectivity index is 2.22. The number of benzene rings is 1. The fraction of sp³-hybridized carbons (Fsp3) is 0.350. The number of H-pyrrole nitrogens is 1. The van der Waals surface area contributed by atoms with Gasteiger partial charge in [0.2, 0.25) is 5.78 Å². The molecule has 0 spiro atoms. The van der Waals surface area contributed by atoms with Crippen LogP contribution in [0.25, 0.3) is 0 Å². The van der Waals surface area contributed by atoms with Crippen LogP contribution in [0.15, 0.2) is 12.1 Å². The Morgan fingerprint density at radius 1 is 0.929 bits per heavy atom. The van der Waals surface area contributed by atoms with E-state index < -0.39 is 18.4 Å². The predicted octanol–water partition coefficient (Wildman–Crippen LogP) is 2.90. The van der Waals surface area contributed by atoms with Gasteiger partial charge in [-0.1, -0.05) is 0 Å². The summed E-state index contributed by atoms with van der Waals surface area (Å²) in [4.78, 5) is 39.5. The van der Waals surface area contributed by atoms with Crippen LogP contribution in [-0.4, -0.2) is 50.5 Å². The fourth-order valence-electron chi connectivity index (χ4n) is 3.03. The topological polar surface area (TPSA) is 104 Å². The van der Waals surface area contributed by atoms with E-state index in [1.807, 2.05) is 0 Å². The van der Waals surface area contributed by atoms with Crippen molar-refractivity contribution in [2.75, 3.05) is 27.9 Å². The Morgan fingerprint density at radius 3 is 2.00 bits per heavy atom. The molecule has 0 amide bonds. The summed E-state index contributed by atoms with van der Waals surface area (Å²) in [6, 6.07) is 2.91. The highest BCUT2D eigenvalue weighted by molar-refractivity contribution is 6.04. The lowest BCUT2D eigenvalue weighted by atomic mass is 10.1. The highest BCUT2D eigenvalue weighted by Crippen LogP contribution is 2.35. The molecule has 8 nitrogen and oxygen atoms in total. The lowest BCUT2D eigenvalue weighted by Crippen LogP contribution is -2.16. The number of ketones is 2. The molecule has 0 unspecified atom stereocenters. The molecule has 0 saturated heterocycles. The standard InChI is InChI=1S/C20H23NO7/c1-10-18(12(3)22)11(2)21-19(10)14(23)9-28-20(24)13-7-16(26-5)17(27-6)8-15(13)25-4/h7-8,21H,9H2,1-6H3. The van der Waals surface area contributed by atoms with Crippen molar-refractivity contribution in [3.63, 3.8) is 0 Å². The van der Waals surface area contributed by atoms with Gasteiger partial charge in [0.1, 0.15) is 11.3 Å². The molecule has 2 aromatic rings. The van der Waals surface area contributed by atoms with E-state index in [1.54, 1.807) is 13.8 Å². The second-order valence-electron chi connectivity index (χ2n) is 6.09. The van der Waals surface area contributed by atoms with Gasteiger partial charge in [0.15, 0.2) is 23.9 Å². The maximum Gasteiger partial charge on any atom is 0.342 e. The van der Waals surface area contributed by atoms with Crippen molar-refractivity contribution >= 4 is 17.5 Å². The number of aryl methyl sites for hydroxylation is 1. The summed E-state index contributed by atoms with van der Waals surface area (Å²) >= 11 is 0. The van der Waals surface area contributed by atoms with Crippen LogP contribution in [0, 0.1) is 13.8 Å². The molecule has 1 heterocycles. The Hall–Kier alpha value is -3.29. The number of aromatic amines is 1. The highest BCUT2D eigenvalue weighted by atomic mass is 16.5. The summed E-state index contributed by atoms with van der Waals surface area (Å²) in [5, 5.41) is 0. The number of Topliss-reactive ketones (excluding diaryl/α,β-unsaturated/α-hetero) is 2. The zero-order chi connectivity index (χ0) is 21.0. The number of aromatic nitrogens is 1. The van der Waals surface area contributed by atoms with Crippen LogP contribution in [0.4, 0.5) is 0 Å². The first-order valence-electron chi connectivity index (χ1n) is 8.45. The largest absolute Gasteiger partial charge is 0.496 e. The van der Waals surface area contributed by atoms with Gasteiger partial charge in [0.05, 0.1) is 27.0 Å². The van der Waals surface area contributed by atoms with Crippen LogP contribution in [0.3, 0.4) is 0 Å². The van der Waals surface area contributed by atoms with Crippen LogP contribution in [-0.2, 0) is 4.74 Å². The van der Waals surface area contributed by atoms with Crippen molar-refractivity contribution in [1.29, 1.82) is 0 Å². The molecule has 8 heteroatoms. The maximum atomic E-state index is 12.5. The Labute approximate surface area is 162 Å². The summed E-state index contributed by atoms with van der Waals surface area (Å²) < 4.78 is 20.7. The summed E-state index contributed by atoms with van der Waals surface area (Å²) in [7, 11) is 4.30. The Kier molecular flexibility index (Phi) is 6.45. The molecule has 1 aromatic heterocycles. The Bertz CT molecular complexity index is 927. The van der Waals surface area contributed by atoms with E-state index in [9.17, 15) is 14.4 Å². The fourth-order valence-corrected chi connectivity index (χ4v) is 3.03. The van der Waals surface area contributed by atoms with E-state index >= 15 is 0 Å². The number of methoxy groups -OCH3 is 3. The Morgan fingerprint density at radius 2 is 1.50 bits per heavy atom. The van der Waals surface area contributed by atoms with E-state index in [0.717, 1.165) is 0 Å². The number of hydrogen-bond donors (Lipinski definition) is 1. The van der Waals surface area contributed by atoms with Crippen molar-refractivity contribution in [1.82, 2.24) is 4.98 Å². The SMILES string of the molecule is COc1cc(OC)c(C(=O)OCC(=O)c2[nH]c(C)c(C(C)=O)c2C)cc1OC. The van der Waals surface area contributed by atoms with Crippen molar-refractivity contribution in [3.8, 4) is 17.2 Å². The van der Waals surface area contributed by atoms with Gasteiger partial charge in [-0.25, -0.2) is 4.79 Å². The molecular weight excluding hydrogens is 366 g/mol. The van der Waals surface area contributed by atoms with Crippen LogP contribution >= 0.6 is 0 Å². The minimum Gasteiger partial charge on any atom is -0.496 e. The van der Waals surface area contributed by atoms with Gasteiger partial charge in [0, 0.05) is 23.4 Å². The van der Waals surface area contributed by atoms with E-state index in [2.05, 4.69) is 4.98 Å². The van der Waals surface area contributed by atoms with Gasteiger partial charge >= 0.3 is 5.97 Å². The van der Waals surface area contributed by atoms with Crippen molar-refractivity contribution in [3.05, 3.63) is 40.2 Å². The number of hydrogen-bond acceptors (Lipinski definition) is 7. The summed E-state index contributed by atoms with van der Waals surface area (Å²) in [6.45, 7) is 4.32. The lowest BCUT2D eigenvalue weighted by molar-refractivity contribution is 0.0469. The molecule has 0 atom stereocenters. The first-order valence-corrected chi connectivity index (χ1v) is 8.45. The van der Waals surface area contributed by atoms with Crippen LogP contribution < -0.4 is 14.2 Å². The first-order chi connectivity index (χ1) is 13.2. The smallest absolute Gasteiger partial charge is 0.342 e. The third-order valence-electron chi connectivity index (χ3n) is 4.33. The zero-order valence-electron chi connectivity index (χ0n) is 16.7. The molecule has 28 heavy (non-hydrogen) atoms. The van der Waals surface area contributed by atoms with E-state index in [0.29, 0.717) is 28.3 Å². The average Bonchev–Trinajstić information content (AvgIpc) is 2.98. The van der Waals surface area contributed by atoms with Crippen LogP contribution in [0.5, 0.6) is 17.2 Å². The molecule has 0 aliphatic carbocycles. The quantitative estimate of drug-likeness (QED) is 0.547. The number of carbonyl (C=O) groups is 3. The molecular formula is C20H23NO7. The third-order valence-corrected chi connectivity index (χ3v) is 4.33. The highest BCUT2D eigenvalue weighted by Gasteiger charge is 2.23. The molecule has 1 N–H and O–H groups in total. The summed E-state index contributed by atoms with van der Waals surface area (Å²) in [5.74, 6) is -0.400. The number of rotatable bonds is 8. The van der Waals surface area contributed by atoms with Gasteiger partial charge in [-0.15, -0.1) is 0 Å². The lowest BCUT2D eigenvalue weighted by Gasteiger charge is -2.13. The zero-order valence-corrected chi connectivity index (χ0v) is 16.7. The number of nitrogens with one attached hydrogen (secondary N) is 1. The molecule has 150 valence electrons. The minimum atomic E-state index is -0.751. The number of ether oxygens (including phenoxy) is 4. The predicted molar refractivity (Wildman–Crippen MR) is 101 cm³/mol. The molecule has 0 radical (unpaired) electrons. The maximum absolute atomic E-state index is 12.5. The number of esters is 1. The molecule has 0 aliphatic heterocycles. The van der Waals surface area contributed by atoms with E-state index in [4.69, 9.17) is 18.9 Å². The number of carbonyl (C=O) groups excluding carboxylic acids is 3. The van der Waals surface area contributed by atoms with Crippen molar-refractivity contribution < 1.29 is 33.3 Å². The second kappa shape index (κ2) is 8.60. The normalized spacial score (nSPS) is 10.4. The average molecular weight is 389 g/mol. The molecule has 0 saturated carbocycles. The van der Waals surface area contributed by atoms with Crippen molar-refractivity contribution in [2.24, 2.45) is 0 Å². The monoisotopic (exact) mass is 389 g/mol. The van der Waals surface area contributed by atoms with Crippen LogP contribution in [0.2, 0.25) is 0 Å². The first kappa shape index (κ1) is 21.0. The van der Waals surface area contributed by atoms with Gasteiger partial charge in [-0.3, -0.25) is 9.59 Å². The van der Waals surface area contributed by atoms with E-state index in [-0.39, 0.29) is 22.8 Å². The molecule has 0 aliphatic rings. The summed E-state index contributed by atoms with van der Waals surface area (Å²) in [5.41, 5.74) is 1.94. The van der Waals surface area contributed by atoms with Gasteiger partial charge in [0.25, 0.3) is 0 Å². The summed E-state index contributed by atoms with van der Waals surface area (Å²) in [6.07, 6.45) is 0. The molecule has 2 rings (SSSR count). The van der Waals surface area contributed by atoms with Crippen LogP contribution in [0.1, 0.15) is 49.4 Å². The second-order valence-corrected chi connectivity index (χ2v) is 6.09. The molecule has 0 fully saturated rings. The van der Waals surface area contributed by atoms with E-state index in [1.165, 1.54) is 40.4 Å². The molecule has 1 aromatic carbocycles. The van der Waals surface area contributed by atoms with Gasteiger partial charge < -0.3 is 23.9 Å². The minimum absolute atomic E-state index is 0.0942. The molecule has 0 bridgehead atoms.